The van der Waals surface area contributed by atoms with Crippen molar-refractivity contribution in [3.05, 3.63) is 71.0 Å². The van der Waals surface area contributed by atoms with Crippen molar-refractivity contribution in [3.8, 4) is 0 Å². The second-order valence-corrected chi connectivity index (χ2v) is 8.54. The fourth-order valence-corrected chi connectivity index (χ4v) is 3.38. The number of amides is 1. The van der Waals surface area contributed by atoms with Gasteiger partial charge in [-0.05, 0) is 36.6 Å². The molecule has 2 aromatic carbocycles. The number of carbonyl (C=O) groups is 1. The van der Waals surface area contributed by atoms with Crippen LogP contribution in [-0.4, -0.2) is 38.0 Å². The van der Waals surface area contributed by atoms with E-state index in [0.29, 0.717) is 13.0 Å². The van der Waals surface area contributed by atoms with E-state index >= 15 is 0 Å². The van der Waals surface area contributed by atoms with E-state index in [4.69, 9.17) is 0 Å². The molecule has 0 atom stereocenters. The van der Waals surface area contributed by atoms with Crippen LogP contribution in [0.25, 0.3) is 0 Å². The van der Waals surface area contributed by atoms with Crippen molar-refractivity contribution in [1.29, 1.82) is 0 Å². The van der Waals surface area contributed by atoms with Gasteiger partial charge in [0.1, 0.15) is 5.82 Å². The summed E-state index contributed by atoms with van der Waals surface area (Å²) in [5.74, 6) is -0.508. The van der Waals surface area contributed by atoms with Gasteiger partial charge in [0.2, 0.25) is 15.9 Å². The van der Waals surface area contributed by atoms with Crippen molar-refractivity contribution in [2.24, 2.45) is 0 Å². The molecule has 0 heterocycles. The topological polar surface area (TPSA) is 66.5 Å². The van der Waals surface area contributed by atoms with E-state index in [-0.39, 0.29) is 31.2 Å². The first-order valence-electron chi connectivity index (χ1n) is 8.76. The molecule has 5 nitrogen and oxygen atoms in total. The Morgan fingerprint density at radius 3 is 2.22 bits per heavy atom. The van der Waals surface area contributed by atoms with Crippen molar-refractivity contribution in [2.75, 3.05) is 19.3 Å². The lowest BCUT2D eigenvalue weighted by atomic mass is 10.1. The first kappa shape index (κ1) is 21.1. The highest BCUT2D eigenvalue weighted by Gasteiger charge is 2.18. The van der Waals surface area contributed by atoms with Gasteiger partial charge in [-0.25, -0.2) is 12.8 Å². The number of nitrogens with one attached hydrogen (secondary N) is 1. The van der Waals surface area contributed by atoms with Gasteiger partial charge in [0, 0.05) is 26.1 Å². The van der Waals surface area contributed by atoms with E-state index in [1.807, 2.05) is 31.2 Å². The molecule has 0 fully saturated rings. The number of aryl methyl sites for hydroxylation is 1. The summed E-state index contributed by atoms with van der Waals surface area (Å²) in [7, 11) is -3.42. The number of rotatable bonds is 9. The van der Waals surface area contributed by atoms with Crippen LogP contribution in [0.2, 0.25) is 0 Å². The molecule has 146 valence electrons. The Bertz CT molecular complexity index is 850. The van der Waals surface area contributed by atoms with Crippen molar-refractivity contribution < 1.29 is 17.6 Å². The van der Waals surface area contributed by atoms with Crippen molar-refractivity contribution in [1.82, 2.24) is 9.62 Å². The van der Waals surface area contributed by atoms with E-state index in [1.165, 1.54) is 16.4 Å². The van der Waals surface area contributed by atoms with Gasteiger partial charge >= 0.3 is 0 Å². The molecule has 0 unspecified atom stereocenters. The highest BCUT2D eigenvalue weighted by Crippen LogP contribution is 2.10. The molecule has 2 aromatic rings. The third kappa shape index (κ3) is 7.48. The summed E-state index contributed by atoms with van der Waals surface area (Å²) in [5, 5.41) is 2.77. The second-order valence-electron chi connectivity index (χ2n) is 6.56. The van der Waals surface area contributed by atoms with Gasteiger partial charge in [0.15, 0.2) is 0 Å². The van der Waals surface area contributed by atoms with Gasteiger partial charge in [0.05, 0.1) is 6.26 Å². The zero-order valence-electron chi connectivity index (χ0n) is 15.6. The Labute approximate surface area is 160 Å². The molecule has 0 radical (unpaired) electrons. The van der Waals surface area contributed by atoms with E-state index in [2.05, 4.69) is 5.32 Å². The SMILES string of the molecule is Cc1ccc(CN(CCC(=O)NCCc2ccc(F)cc2)S(C)(=O)=O)cc1. The molecule has 0 aliphatic rings. The average molecular weight is 392 g/mol. The van der Waals surface area contributed by atoms with Crippen LogP contribution in [0.15, 0.2) is 48.5 Å². The van der Waals surface area contributed by atoms with Crippen LogP contribution in [-0.2, 0) is 27.8 Å². The van der Waals surface area contributed by atoms with Crippen LogP contribution in [0.5, 0.6) is 0 Å². The Balaban J connectivity index is 1.82. The van der Waals surface area contributed by atoms with Crippen LogP contribution < -0.4 is 5.32 Å². The summed E-state index contributed by atoms with van der Waals surface area (Å²) >= 11 is 0. The van der Waals surface area contributed by atoms with Crippen LogP contribution in [0.3, 0.4) is 0 Å². The third-order valence-electron chi connectivity index (χ3n) is 4.19. The Morgan fingerprint density at radius 1 is 1.04 bits per heavy atom. The molecular weight excluding hydrogens is 367 g/mol. The summed E-state index contributed by atoms with van der Waals surface area (Å²) in [6, 6.07) is 13.7. The lowest BCUT2D eigenvalue weighted by Crippen LogP contribution is -2.34. The minimum absolute atomic E-state index is 0.0857. The number of benzene rings is 2. The van der Waals surface area contributed by atoms with Crippen molar-refractivity contribution in [3.63, 3.8) is 0 Å². The molecule has 0 saturated heterocycles. The maximum atomic E-state index is 12.9. The van der Waals surface area contributed by atoms with E-state index < -0.39 is 10.0 Å². The summed E-state index contributed by atoms with van der Waals surface area (Å²) in [4.78, 5) is 12.0. The Kier molecular flexibility index (Phi) is 7.50. The molecule has 2 rings (SSSR count). The normalized spacial score (nSPS) is 11.6. The van der Waals surface area contributed by atoms with Gasteiger partial charge in [-0.15, -0.1) is 0 Å². The predicted molar refractivity (Wildman–Crippen MR) is 104 cm³/mol. The fourth-order valence-electron chi connectivity index (χ4n) is 2.57. The van der Waals surface area contributed by atoms with Gasteiger partial charge in [-0.2, -0.15) is 4.31 Å². The maximum absolute atomic E-state index is 12.9. The number of nitrogens with zero attached hydrogens (tertiary/aromatic N) is 1. The highest BCUT2D eigenvalue weighted by atomic mass is 32.2. The third-order valence-corrected chi connectivity index (χ3v) is 5.44. The lowest BCUT2D eigenvalue weighted by Gasteiger charge is -2.20. The van der Waals surface area contributed by atoms with Gasteiger partial charge in [-0.3, -0.25) is 4.79 Å². The summed E-state index contributed by atoms with van der Waals surface area (Å²) in [5.41, 5.74) is 2.90. The zero-order valence-corrected chi connectivity index (χ0v) is 16.4. The van der Waals surface area contributed by atoms with Crippen LogP contribution in [0, 0.1) is 12.7 Å². The molecule has 1 N–H and O–H groups in total. The second kappa shape index (κ2) is 9.62. The number of sulfonamides is 1. The van der Waals surface area contributed by atoms with Crippen molar-refractivity contribution in [2.45, 2.75) is 26.3 Å². The molecule has 0 saturated carbocycles. The minimum atomic E-state index is -3.42. The largest absolute Gasteiger partial charge is 0.356 e. The summed E-state index contributed by atoms with van der Waals surface area (Å²) < 4.78 is 38.2. The van der Waals surface area contributed by atoms with E-state index in [9.17, 15) is 17.6 Å². The quantitative estimate of drug-likeness (QED) is 0.713. The molecular formula is C20H25FN2O3S. The van der Waals surface area contributed by atoms with E-state index in [0.717, 1.165) is 22.9 Å². The smallest absolute Gasteiger partial charge is 0.221 e. The minimum Gasteiger partial charge on any atom is -0.356 e. The zero-order chi connectivity index (χ0) is 19.9. The van der Waals surface area contributed by atoms with Crippen LogP contribution >= 0.6 is 0 Å². The summed E-state index contributed by atoms with van der Waals surface area (Å²) in [6.07, 6.45) is 1.82. The number of halogens is 1. The summed E-state index contributed by atoms with van der Waals surface area (Å²) in [6.45, 7) is 2.74. The monoisotopic (exact) mass is 392 g/mol. The highest BCUT2D eigenvalue weighted by molar-refractivity contribution is 7.88. The maximum Gasteiger partial charge on any atom is 0.221 e. The number of hydrogen-bond donors (Lipinski definition) is 1. The average Bonchev–Trinajstić information content (AvgIpc) is 2.61. The Hall–Kier alpha value is -2.25. The van der Waals surface area contributed by atoms with Gasteiger partial charge in [-0.1, -0.05) is 42.0 Å². The molecule has 0 aliphatic carbocycles. The molecule has 0 aliphatic heterocycles. The lowest BCUT2D eigenvalue weighted by molar-refractivity contribution is -0.121. The van der Waals surface area contributed by atoms with Crippen molar-refractivity contribution >= 4 is 15.9 Å². The molecule has 0 aromatic heterocycles. The van der Waals surface area contributed by atoms with Crippen LogP contribution in [0.1, 0.15) is 23.1 Å². The predicted octanol–water partition coefficient (Wildman–Crippen LogP) is 2.64. The molecule has 7 heteroatoms. The molecule has 27 heavy (non-hydrogen) atoms. The van der Waals surface area contributed by atoms with Crippen LogP contribution in [0.4, 0.5) is 4.39 Å². The molecule has 0 bridgehead atoms. The number of carbonyl (C=O) groups excluding carboxylic acids is 1. The van der Waals surface area contributed by atoms with Gasteiger partial charge < -0.3 is 5.32 Å². The molecule has 0 spiro atoms. The molecule has 1 amide bonds. The Morgan fingerprint density at radius 2 is 1.63 bits per heavy atom. The first-order valence-corrected chi connectivity index (χ1v) is 10.6. The van der Waals surface area contributed by atoms with Gasteiger partial charge in [0.25, 0.3) is 0 Å². The first-order chi connectivity index (χ1) is 12.7. The fraction of sp³-hybridized carbons (Fsp3) is 0.350. The number of hydrogen-bond acceptors (Lipinski definition) is 3. The standard InChI is InChI=1S/C20H25FN2O3S/c1-16-3-5-18(6-4-16)15-23(27(2,25)26)14-12-20(24)22-13-11-17-7-9-19(21)10-8-17/h3-10H,11-15H2,1-2H3,(H,22,24). The van der Waals surface area contributed by atoms with E-state index in [1.54, 1.807) is 12.1 Å².